The van der Waals surface area contributed by atoms with E-state index >= 15 is 0 Å². The van der Waals surface area contributed by atoms with Crippen LogP contribution in [-0.2, 0) is 14.3 Å². The smallest absolute Gasteiger partial charge is 0.408 e. The first-order valence-corrected chi connectivity index (χ1v) is 13.9. The molecule has 38 heavy (non-hydrogen) atoms. The van der Waals surface area contributed by atoms with Gasteiger partial charge in [0, 0.05) is 11.8 Å². The van der Waals surface area contributed by atoms with Crippen LogP contribution in [0.4, 0.5) is 10.5 Å². The van der Waals surface area contributed by atoms with Crippen LogP contribution in [0.2, 0.25) is 5.02 Å². The molecule has 2 N–H and O–H groups in total. The Kier molecular flexibility index (Phi) is 9.76. The number of rotatable bonds is 8. The molecular formula is C29H38ClN3O4S. The summed E-state index contributed by atoms with van der Waals surface area (Å²) in [5.41, 5.74) is 3.25. The second-order valence-corrected chi connectivity index (χ2v) is 11.7. The van der Waals surface area contributed by atoms with E-state index < -0.39 is 23.8 Å². The number of nitrogens with one attached hydrogen (secondary N) is 2. The third kappa shape index (κ3) is 7.23. The first-order valence-electron chi connectivity index (χ1n) is 12.9. The van der Waals surface area contributed by atoms with Gasteiger partial charge in [-0.05, 0) is 83.6 Å². The van der Waals surface area contributed by atoms with Gasteiger partial charge in [-0.15, -0.1) is 0 Å². The maximum Gasteiger partial charge on any atom is 0.408 e. The number of carbonyl (C=O) groups excluding carboxylic acids is 3. The highest BCUT2D eigenvalue weighted by atomic mass is 35.5. The molecule has 0 radical (unpaired) electrons. The van der Waals surface area contributed by atoms with E-state index in [0.717, 1.165) is 36.0 Å². The molecule has 2 atom stereocenters. The quantitative estimate of drug-likeness (QED) is 0.339. The Hall–Kier alpha value is -2.71. The average molecular weight is 560 g/mol. The Morgan fingerprint density at radius 1 is 1.11 bits per heavy atom. The summed E-state index contributed by atoms with van der Waals surface area (Å²) in [7, 11) is 0. The van der Waals surface area contributed by atoms with Gasteiger partial charge in [0.15, 0.2) is 0 Å². The number of nitrogens with zero attached hydrogens (tertiary/aromatic N) is 1. The van der Waals surface area contributed by atoms with Crippen LogP contribution in [0.3, 0.4) is 0 Å². The molecule has 206 valence electrons. The van der Waals surface area contributed by atoms with Gasteiger partial charge in [-0.1, -0.05) is 47.5 Å². The van der Waals surface area contributed by atoms with Crippen LogP contribution in [0.1, 0.15) is 68.3 Å². The molecule has 0 aliphatic heterocycles. The molecule has 2 unspecified atom stereocenters. The molecule has 2 aromatic rings. The lowest BCUT2D eigenvalue weighted by Gasteiger charge is -2.44. The summed E-state index contributed by atoms with van der Waals surface area (Å²) in [5.74, 6) is -0.707. The number of hydrogen-bond acceptors (Lipinski definition) is 5. The first-order chi connectivity index (χ1) is 17.8. The monoisotopic (exact) mass is 559 g/mol. The van der Waals surface area contributed by atoms with Crippen LogP contribution in [0.5, 0.6) is 0 Å². The summed E-state index contributed by atoms with van der Waals surface area (Å²) in [6.07, 6.45) is 1.76. The molecule has 9 heteroatoms. The van der Waals surface area contributed by atoms with E-state index in [1.54, 1.807) is 31.7 Å². The Labute approximate surface area is 236 Å². The van der Waals surface area contributed by atoms with Crippen molar-refractivity contribution in [2.75, 3.05) is 11.1 Å². The first kappa shape index (κ1) is 29.8. The number of benzene rings is 2. The summed E-state index contributed by atoms with van der Waals surface area (Å²) >= 11 is 10.8. The zero-order chi connectivity index (χ0) is 28.2. The van der Waals surface area contributed by atoms with Crippen molar-refractivity contribution in [3.05, 3.63) is 63.7 Å². The predicted molar refractivity (Wildman–Crippen MR) is 155 cm³/mol. The maximum absolute atomic E-state index is 14.1. The molecule has 0 spiro atoms. The third-order valence-corrected chi connectivity index (χ3v) is 7.29. The van der Waals surface area contributed by atoms with Crippen molar-refractivity contribution in [2.24, 2.45) is 0 Å². The van der Waals surface area contributed by atoms with E-state index in [2.05, 4.69) is 23.3 Å². The number of halogens is 1. The number of amides is 3. The lowest BCUT2D eigenvalue weighted by atomic mass is 9.87. The molecule has 0 heterocycles. The minimum Gasteiger partial charge on any atom is -0.444 e. The number of alkyl carbamates (subject to hydrolysis) is 1. The van der Waals surface area contributed by atoms with Gasteiger partial charge < -0.3 is 20.3 Å². The highest BCUT2D eigenvalue weighted by molar-refractivity contribution is 7.80. The van der Waals surface area contributed by atoms with Crippen LogP contribution in [-0.4, -0.2) is 46.2 Å². The molecule has 0 aromatic heterocycles. The summed E-state index contributed by atoms with van der Waals surface area (Å²) < 4.78 is 5.38. The molecule has 2 aromatic carbocycles. The molecule has 3 rings (SSSR count). The molecule has 1 saturated carbocycles. The second kappa shape index (κ2) is 12.4. The van der Waals surface area contributed by atoms with Crippen LogP contribution < -0.4 is 10.6 Å². The van der Waals surface area contributed by atoms with Crippen molar-refractivity contribution in [1.29, 1.82) is 0 Å². The Bertz CT molecular complexity index is 1170. The molecule has 7 nitrogen and oxygen atoms in total. The van der Waals surface area contributed by atoms with Crippen molar-refractivity contribution >= 4 is 47.8 Å². The van der Waals surface area contributed by atoms with Crippen molar-refractivity contribution in [3.8, 4) is 0 Å². The lowest BCUT2D eigenvalue weighted by Crippen LogP contribution is -2.57. The molecular weight excluding hydrogens is 522 g/mol. The lowest BCUT2D eigenvalue weighted by molar-refractivity contribution is -0.145. The zero-order valence-corrected chi connectivity index (χ0v) is 24.6. The van der Waals surface area contributed by atoms with Gasteiger partial charge in [0.25, 0.3) is 5.91 Å². The topological polar surface area (TPSA) is 87.7 Å². The summed E-state index contributed by atoms with van der Waals surface area (Å²) in [6.45, 7) is 11.0. The average Bonchev–Trinajstić information content (AvgIpc) is 2.78. The normalized spacial score (nSPS) is 15.2. The standard InChI is InChI=1S/C29H38ClN3O4S/c1-17-13-14-21(19(3)15-17)25(26(34)32-24-18(2)9-7-12-22(24)30)33(20-10-8-11-20)27(35)23(16-38)31-28(36)37-29(4,5)6/h7,9,12-15,20,23,25,38H,8,10-11,16H2,1-6H3,(H,31,36)(H,32,34). The number of para-hydroxylation sites is 1. The number of thiol groups is 1. The summed E-state index contributed by atoms with van der Waals surface area (Å²) in [4.78, 5) is 42.3. The molecule has 1 aliphatic rings. The minimum absolute atomic E-state index is 0.0478. The van der Waals surface area contributed by atoms with Crippen LogP contribution in [0.25, 0.3) is 0 Å². The zero-order valence-electron chi connectivity index (χ0n) is 22.9. The molecule has 1 aliphatic carbocycles. The maximum atomic E-state index is 14.1. The van der Waals surface area contributed by atoms with Gasteiger partial charge in [0.2, 0.25) is 5.91 Å². The molecule has 0 saturated heterocycles. The van der Waals surface area contributed by atoms with Crippen LogP contribution >= 0.6 is 24.2 Å². The Balaban J connectivity index is 2.05. The number of ether oxygens (including phenoxy) is 1. The highest BCUT2D eigenvalue weighted by Crippen LogP contribution is 2.36. The number of anilines is 1. The van der Waals surface area contributed by atoms with Gasteiger partial charge in [-0.25, -0.2) is 4.79 Å². The molecule has 0 bridgehead atoms. The second-order valence-electron chi connectivity index (χ2n) is 10.9. The van der Waals surface area contributed by atoms with E-state index in [1.165, 1.54) is 0 Å². The molecule has 1 fully saturated rings. The van der Waals surface area contributed by atoms with Crippen molar-refractivity contribution in [1.82, 2.24) is 10.2 Å². The third-order valence-electron chi connectivity index (χ3n) is 6.61. The molecule has 3 amide bonds. The van der Waals surface area contributed by atoms with Crippen LogP contribution in [0, 0.1) is 20.8 Å². The SMILES string of the molecule is Cc1ccc(C(C(=O)Nc2c(C)cccc2Cl)N(C(=O)C(CS)NC(=O)OC(C)(C)C)C2CCC2)c(C)c1. The van der Waals surface area contributed by atoms with Crippen molar-refractivity contribution < 1.29 is 19.1 Å². The van der Waals surface area contributed by atoms with Gasteiger partial charge in [0.1, 0.15) is 17.7 Å². The fourth-order valence-corrected chi connectivity index (χ4v) is 5.05. The van der Waals surface area contributed by atoms with Crippen LogP contribution in [0.15, 0.2) is 36.4 Å². The van der Waals surface area contributed by atoms with E-state index in [9.17, 15) is 14.4 Å². The van der Waals surface area contributed by atoms with Gasteiger partial charge in [0.05, 0.1) is 10.7 Å². The van der Waals surface area contributed by atoms with E-state index in [-0.39, 0.29) is 23.6 Å². The highest BCUT2D eigenvalue weighted by Gasteiger charge is 2.42. The van der Waals surface area contributed by atoms with Gasteiger partial charge in [-0.2, -0.15) is 12.6 Å². The summed E-state index contributed by atoms with van der Waals surface area (Å²) in [6, 6.07) is 9.15. The summed E-state index contributed by atoms with van der Waals surface area (Å²) in [5, 5.41) is 6.07. The number of aryl methyl sites for hydroxylation is 3. The fourth-order valence-electron chi connectivity index (χ4n) is 4.53. The van der Waals surface area contributed by atoms with Crippen molar-refractivity contribution in [2.45, 2.75) is 84.5 Å². The van der Waals surface area contributed by atoms with E-state index in [1.807, 2.05) is 51.1 Å². The van der Waals surface area contributed by atoms with E-state index in [4.69, 9.17) is 16.3 Å². The van der Waals surface area contributed by atoms with Crippen molar-refractivity contribution in [3.63, 3.8) is 0 Å². The van der Waals surface area contributed by atoms with E-state index in [0.29, 0.717) is 16.3 Å². The Morgan fingerprint density at radius 2 is 1.79 bits per heavy atom. The Morgan fingerprint density at radius 3 is 2.32 bits per heavy atom. The minimum atomic E-state index is -0.975. The number of carbonyl (C=O) groups is 3. The predicted octanol–water partition coefficient (Wildman–Crippen LogP) is 6.15. The van der Waals surface area contributed by atoms with Gasteiger partial charge in [-0.3, -0.25) is 9.59 Å². The van der Waals surface area contributed by atoms with Gasteiger partial charge >= 0.3 is 6.09 Å². The number of hydrogen-bond donors (Lipinski definition) is 3. The largest absolute Gasteiger partial charge is 0.444 e. The fraction of sp³-hybridized carbons (Fsp3) is 0.483.